The summed E-state index contributed by atoms with van der Waals surface area (Å²) >= 11 is 0. The van der Waals surface area contributed by atoms with Crippen molar-refractivity contribution in [2.45, 2.75) is 46.0 Å². The monoisotopic (exact) mass is 270 g/mol. The number of hydrogen-bond donors (Lipinski definition) is 1. The molecule has 19 heavy (non-hydrogen) atoms. The fourth-order valence-electron chi connectivity index (χ4n) is 2.09. The van der Waals surface area contributed by atoms with Gasteiger partial charge in [0.2, 0.25) is 0 Å². The molecule has 0 radical (unpaired) electrons. The van der Waals surface area contributed by atoms with Gasteiger partial charge >= 0.3 is 12.1 Å². The highest BCUT2D eigenvalue weighted by atomic mass is 16.6. The van der Waals surface area contributed by atoms with E-state index in [0.717, 1.165) is 32.4 Å². The van der Waals surface area contributed by atoms with Crippen LogP contribution >= 0.6 is 0 Å². The largest absolute Gasteiger partial charge is 0.417 e. The van der Waals surface area contributed by atoms with Gasteiger partial charge in [-0.1, -0.05) is 39.5 Å². The van der Waals surface area contributed by atoms with Crippen LogP contribution in [0.25, 0.3) is 0 Å². The van der Waals surface area contributed by atoms with Gasteiger partial charge < -0.3 is 15.0 Å². The van der Waals surface area contributed by atoms with Crippen LogP contribution in [0.15, 0.2) is 0 Å². The lowest BCUT2D eigenvalue weighted by molar-refractivity contribution is -0.142. The van der Waals surface area contributed by atoms with Crippen molar-refractivity contribution in [2.24, 2.45) is 5.92 Å². The predicted octanol–water partition coefficient (Wildman–Crippen LogP) is 2.16. The number of carbonyl (C=O) groups excluding carboxylic acids is 2. The zero-order valence-electron chi connectivity index (χ0n) is 12.1. The minimum atomic E-state index is -0.494. The van der Waals surface area contributed by atoms with Crippen LogP contribution in [0.4, 0.5) is 4.79 Å². The zero-order chi connectivity index (χ0) is 14.1. The Balaban J connectivity index is 2.22. The fraction of sp³-hybridized carbons (Fsp3) is 0.857. The molecule has 1 amide bonds. The number of carbonyl (C=O) groups is 2. The molecule has 0 spiro atoms. The Bertz CT molecular complexity index is 288. The summed E-state index contributed by atoms with van der Waals surface area (Å²) in [5, 5.41) is 3.15. The molecule has 1 rings (SSSR count). The lowest BCUT2D eigenvalue weighted by Crippen LogP contribution is -2.47. The van der Waals surface area contributed by atoms with Gasteiger partial charge in [0.25, 0.3) is 0 Å². The van der Waals surface area contributed by atoms with E-state index in [2.05, 4.69) is 12.2 Å². The van der Waals surface area contributed by atoms with Crippen molar-refractivity contribution in [3.63, 3.8) is 0 Å². The number of piperazine rings is 1. The van der Waals surface area contributed by atoms with Gasteiger partial charge in [0.1, 0.15) is 0 Å². The second-order valence-electron chi connectivity index (χ2n) is 5.17. The summed E-state index contributed by atoms with van der Waals surface area (Å²) in [6.07, 6.45) is 4.84. The highest BCUT2D eigenvalue weighted by Gasteiger charge is 2.23. The maximum atomic E-state index is 11.8. The quantitative estimate of drug-likeness (QED) is 0.456. The second kappa shape index (κ2) is 8.91. The molecule has 1 atom stereocenters. The molecule has 1 saturated heterocycles. The summed E-state index contributed by atoms with van der Waals surface area (Å²) in [4.78, 5) is 25.1. The molecule has 0 bridgehead atoms. The van der Waals surface area contributed by atoms with Crippen LogP contribution in [0.3, 0.4) is 0 Å². The van der Waals surface area contributed by atoms with Crippen LogP contribution in [0.2, 0.25) is 0 Å². The number of nitrogens with one attached hydrogen (secondary N) is 1. The van der Waals surface area contributed by atoms with Crippen molar-refractivity contribution >= 4 is 12.1 Å². The van der Waals surface area contributed by atoms with Crippen LogP contribution in [-0.4, -0.2) is 43.1 Å². The summed E-state index contributed by atoms with van der Waals surface area (Å²) in [5.74, 6) is -0.580. The van der Waals surface area contributed by atoms with E-state index in [4.69, 9.17) is 4.74 Å². The Morgan fingerprint density at radius 2 is 1.89 bits per heavy atom. The highest BCUT2D eigenvalue weighted by Crippen LogP contribution is 2.12. The van der Waals surface area contributed by atoms with Crippen LogP contribution in [0.1, 0.15) is 46.0 Å². The Kier molecular flexibility index (Phi) is 7.48. The maximum Gasteiger partial charge on any atom is 0.417 e. The minimum absolute atomic E-state index is 0.191. The summed E-state index contributed by atoms with van der Waals surface area (Å²) < 4.78 is 4.93. The van der Waals surface area contributed by atoms with Crippen LogP contribution in [0.5, 0.6) is 0 Å². The first-order chi connectivity index (χ1) is 9.15. The van der Waals surface area contributed by atoms with E-state index in [1.807, 2.05) is 6.92 Å². The van der Waals surface area contributed by atoms with Gasteiger partial charge in [0.05, 0.1) is 5.92 Å². The van der Waals surface area contributed by atoms with E-state index in [1.165, 1.54) is 12.8 Å². The van der Waals surface area contributed by atoms with Gasteiger partial charge in [-0.3, -0.25) is 4.79 Å². The molecule has 5 heteroatoms. The van der Waals surface area contributed by atoms with E-state index in [9.17, 15) is 9.59 Å². The van der Waals surface area contributed by atoms with Crippen molar-refractivity contribution in [3.8, 4) is 0 Å². The number of rotatable bonds is 6. The fourth-order valence-corrected chi connectivity index (χ4v) is 2.09. The molecule has 1 aliphatic heterocycles. The average molecular weight is 270 g/mol. The average Bonchev–Trinajstić information content (AvgIpc) is 2.44. The third-order valence-corrected chi connectivity index (χ3v) is 3.46. The lowest BCUT2D eigenvalue weighted by Gasteiger charge is -2.26. The molecule has 0 aromatic heterocycles. The molecule has 1 N–H and O–H groups in total. The molecule has 0 aliphatic carbocycles. The standard InChI is InChI=1S/C14H26N2O3/c1-3-4-5-6-7-12(2)13(17)19-14(18)16-10-8-15-9-11-16/h12,15H,3-11H2,1-2H3. The van der Waals surface area contributed by atoms with E-state index in [0.29, 0.717) is 13.1 Å². The lowest BCUT2D eigenvalue weighted by atomic mass is 10.0. The predicted molar refractivity (Wildman–Crippen MR) is 73.9 cm³/mol. The SMILES string of the molecule is CCCCCCC(C)C(=O)OC(=O)N1CCNCC1. The normalized spacial score (nSPS) is 17.1. The van der Waals surface area contributed by atoms with Crippen molar-refractivity contribution in [1.29, 1.82) is 0 Å². The number of nitrogens with zero attached hydrogens (tertiary/aromatic N) is 1. The van der Waals surface area contributed by atoms with E-state index >= 15 is 0 Å². The van der Waals surface area contributed by atoms with E-state index in [1.54, 1.807) is 4.90 Å². The smallest absolute Gasteiger partial charge is 0.376 e. The highest BCUT2D eigenvalue weighted by molar-refractivity contribution is 5.85. The summed E-state index contributed by atoms with van der Waals surface area (Å²) in [5.41, 5.74) is 0. The minimum Gasteiger partial charge on any atom is -0.376 e. The molecular formula is C14H26N2O3. The first-order valence-corrected chi connectivity index (χ1v) is 7.36. The summed E-state index contributed by atoms with van der Waals surface area (Å²) in [7, 11) is 0. The molecule has 0 aromatic carbocycles. The number of amides is 1. The van der Waals surface area contributed by atoms with Crippen molar-refractivity contribution in [2.75, 3.05) is 26.2 Å². The van der Waals surface area contributed by atoms with Gasteiger partial charge in [-0.2, -0.15) is 0 Å². The summed E-state index contributed by atoms with van der Waals surface area (Å²) in [6.45, 7) is 6.73. The number of ether oxygens (including phenoxy) is 1. The molecule has 1 unspecified atom stereocenters. The number of esters is 1. The van der Waals surface area contributed by atoms with E-state index < -0.39 is 6.09 Å². The molecule has 1 fully saturated rings. The van der Waals surface area contributed by atoms with Crippen molar-refractivity contribution in [1.82, 2.24) is 10.2 Å². The first kappa shape index (κ1) is 16.0. The van der Waals surface area contributed by atoms with Crippen molar-refractivity contribution in [3.05, 3.63) is 0 Å². The Morgan fingerprint density at radius 3 is 2.53 bits per heavy atom. The van der Waals surface area contributed by atoms with Crippen LogP contribution in [0, 0.1) is 5.92 Å². The van der Waals surface area contributed by atoms with Crippen LogP contribution < -0.4 is 5.32 Å². The number of unbranched alkanes of at least 4 members (excludes halogenated alkanes) is 3. The van der Waals surface area contributed by atoms with Crippen LogP contribution in [-0.2, 0) is 9.53 Å². The third-order valence-electron chi connectivity index (χ3n) is 3.46. The molecule has 1 aliphatic rings. The van der Waals surface area contributed by atoms with Gasteiger partial charge in [0, 0.05) is 26.2 Å². The molecule has 0 aromatic rings. The molecule has 0 saturated carbocycles. The number of hydrogen-bond acceptors (Lipinski definition) is 4. The third kappa shape index (κ3) is 6.05. The maximum absolute atomic E-state index is 11.8. The first-order valence-electron chi connectivity index (χ1n) is 7.36. The van der Waals surface area contributed by atoms with Gasteiger partial charge in [-0.25, -0.2) is 4.79 Å². The van der Waals surface area contributed by atoms with Gasteiger partial charge in [0.15, 0.2) is 0 Å². The van der Waals surface area contributed by atoms with Gasteiger partial charge in [-0.05, 0) is 6.42 Å². The Labute approximate surface area is 115 Å². The van der Waals surface area contributed by atoms with Crippen molar-refractivity contribution < 1.29 is 14.3 Å². The topological polar surface area (TPSA) is 58.6 Å². The summed E-state index contributed by atoms with van der Waals surface area (Å²) in [6, 6.07) is 0. The molecule has 5 nitrogen and oxygen atoms in total. The van der Waals surface area contributed by atoms with Gasteiger partial charge in [-0.15, -0.1) is 0 Å². The Morgan fingerprint density at radius 1 is 1.21 bits per heavy atom. The molecule has 1 heterocycles. The molecular weight excluding hydrogens is 244 g/mol. The van der Waals surface area contributed by atoms with E-state index in [-0.39, 0.29) is 11.9 Å². The zero-order valence-corrected chi connectivity index (χ0v) is 12.1. The Hall–Kier alpha value is -1.10. The second-order valence-corrected chi connectivity index (χ2v) is 5.17. The molecule has 110 valence electrons.